The minimum absolute atomic E-state index is 0.282. The number of rotatable bonds is 2. The molecule has 0 unspecified atom stereocenters. The largest absolute Gasteiger partial charge is 0.250 e. The Kier molecular flexibility index (Phi) is 3.78. The molecule has 0 aromatic carbocycles. The average Bonchev–Trinajstić information content (AvgIpc) is 1.69. The molecule has 0 saturated heterocycles. The molecule has 0 spiro atoms. The van der Waals surface area contributed by atoms with E-state index in [0.29, 0.717) is 0 Å². The van der Waals surface area contributed by atoms with Crippen LogP contribution in [0.2, 0.25) is 0 Å². The van der Waals surface area contributed by atoms with Crippen molar-refractivity contribution in [1.29, 1.82) is 0 Å². The van der Waals surface area contributed by atoms with E-state index in [-0.39, 0.29) is 6.54 Å². The van der Waals surface area contributed by atoms with Crippen LogP contribution in [0.25, 0.3) is 10.4 Å². The fraction of sp³-hybridized carbons (Fsp3) is 0.333. The van der Waals surface area contributed by atoms with Crippen molar-refractivity contribution in [2.24, 2.45) is 5.22 Å². The highest BCUT2D eigenvalue weighted by Crippen LogP contribution is 1.55. The summed E-state index contributed by atoms with van der Waals surface area (Å²) in [6, 6.07) is 0. The maximum Gasteiger partial charge on any atom is 0.147 e. The Hall–Kier alpha value is -1.33. The van der Waals surface area contributed by atoms with E-state index >= 15 is 0 Å². The number of hydrogen-bond donors (Lipinski definition) is 1. The first kappa shape index (κ1) is 5.67. The van der Waals surface area contributed by atoms with Gasteiger partial charge in [-0.3, -0.25) is 0 Å². The molecule has 0 saturated carbocycles. The lowest BCUT2D eigenvalue weighted by Crippen LogP contribution is -2.01. The fourth-order valence-electron chi connectivity index (χ4n) is 0.113. The SMILES string of the molecule is C#CCNN=[N+]=[N-]. The monoisotopic (exact) mass is 96.0 g/mol. The third-order valence-electron chi connectivity index (χ3n) is 0.297. The van der Waals surface area contributed by atoms with Crippen molar-refractivity contribution < 1.29 is 0 Å². The van der Waals surface area contributed by atoms with Crippen molar-refractivity contribution in [3.63, 3.8) is 0 Å². The zero-order valence-electron chi connectivity index (χ0n) is 3.63. The highest BCUT2D eigenvalue weighted by atomic mass is 15.4. The Bertz CT molecular complexity index is 115. The maximum atomic E-state index is 7.62. The summed E-state index contributed by atoms with van der Waals surface area (Å²) in [5.41, 5.74) is 9.88. The lowest BCUT2D eigenvalue weighted by atomic mass is 10.7. The van der Waals surface area contributed by atoms with Crippen LogP contribution >= 0.6 is 0 Å². The normalized spacial score (nSPS) is 5.57. The Morgan fingerprint density at radius 2 is 2.71 bits per heavy atom. The highest BCUT2D eigenvalue weighted by Gasteiger charge is 1.66. The predicted octanol–water partition coefficient (Wildman–Crippen LogP) is 0.435. The van der Waals surface area contributed by atoms with Gasteiger partial charge < -0.3 is 0 Å². The molecule has 0 amide bonds. The second kappa shape index (κ2) is 4.67. The van der Waals surface area contributed by atoms with Crippen LogP contribution < -0.4 is 5.43 Å². The quantitative estimate of drug-likeness (QED) is 0.133. The molecule has 36 valence electrons. The molecule has 0 aliphatic carbocycles. The molecule has 0 aliphatic rings. The van der Waals surface area contributed by atoms with E-state index in [1.165, 1.54) is 0 Å². The molecule has 0 heterocycles. The van der Waals surface area contributed by atoms with Crippen LogP contribution in [0.5, 0.6) is 0 Å². The molecule has 0 atom stereocenters. The summed E-state index contributed by atoms with van der Waals surface area (Å²) in [7, 11) is 0. The first-order chi connectivity index (χ1) is 3.41. The Labute approximate surface area is 41.1 Å². The first-order valence-corrected chi connectivity index (χ1v) is 1.62. The Morgan fingerprint density at radius 1 is 2.00 bits per heavy atom. The highest BCUT2D eigenvalue weighted by molar-refractivity contribution is 4.85. The molecule has 0 bridgehead atoms. The number of hydrogen-bond acceptors (Lipinski definition) is 1. The van der Waals surface area contributed by atoms with Gasteiger partial charge in [0.1, 0.15) is 6.54 Å². The summed E-state index contributed by atoms with van der Waals surface area (Å²) in [4.78, 5) is 2.39. The van der Waals surface area contributed by atoms with E-state index in [1.54, 1.807) is 0 Å². The lowest BCUT2D eigenvalue weighted by Gasteiger charge is -1.77. The molecule has 0 aliphatic heterocycles. The van der Waals surface area contributed by atoms with E-state index in [2.05, 4.69) is 21.5 Å². The van der Waals surface area contributed by atoms with Gasteiger partial charge in [0.05, 0.1) is 0 Å². The van der Waals surface area contributed by atoms with Crippen molar-refractivity contribution in [3.05, 3.63) is 10.4 Å². The van der Waals surface area contributed by atoms with Gasteiger partial charge in [-0.2, -0.15) is 4.91 Å². The zero-order chi connectivity index (χ0) is 5.54. The van der Waals surface area contributed by atoms with Gasteiger partial charge in [-0.25, -0.2) is 5.43 Å². The molecule has 0 aromatic rings. The van der Waals surface area contributed by atoms with E-state index in [1.807, 2.05) is 0 Å². The lowest BCUT2D eigenvalue weighted by molar-refractivity contribution is 0.825. The summed E-state index contributed by atoms with van der Waals surface area (Å²) in [6.45, 7) is 0.282. The third kappa shape index (κ3) is 4.67. The summed E-state index contributed by atoms with van der Waals surface area (Å²) < 4.78 is 0. The van der Waals surface area contributed by atoms with Crippen LogP contribution in [-0.4, -0.2) is 6.54 Å². The Balaban J connectivity index is 3.03. The number of nitrogens with one attached hydrogen (secondary N) is 1. The van der Waals surface area contributed by atoms with Gasteiger partial charge in [0.2, 0.25) is 0 Å². The minimum Gasteiger partial charge on any atom is -0.250 e. The summed E-state index contributed by atoms with van der Waals surface area (Å²) >= 11 is 0. The topological polar surface area (TPSA) is 60.8 Å². The molecular formula is C3H4N4. The second-order valence-electron chi connectivity index (χ2n) is 0.728. The standard InChI is InChI=1S/C3H4N4/c1-2-3-5-7-6-4/h1,5H,3H2. The molecule has 4 heteroatoms. The van der Waals surface area contributed by atoms with Crippen LogP contribution in [0, 0.1) is 12.3 Å². The van der Waals surface area contributed by atoms with Crippen LogP contribution in [-0.2, 0) is 0 Å². The van der Waals surface area contributed by atoms with E-state index in [9.17, 15) is 0 Å². The van der Waals surface area contributed by atoms with Gasteiger partial charge in [-0.05, 0) is 5.22 Å². The smallest absolute Gasteiger partial charge is 0.147 e. The van der Waals surface area contributed by atoms with E-state index in [4.69, 9.17) is 12.0 Å². The van der Waals surface area contributed by atoms with Crippen LogP contribution in [0.1, 0.15) is 0 Å². The van der Waals surface area contributed by atoms with Gasteiger partial charge in [-0.1, -0.05) is 5.92 Å². The van der Waals surface area contributed by atoms with Crippen LogP contribution in [0.15, 0.2) is 5.22 Å². The fourth-order valence-corrected chi connectivity index (χ4v) is 0.113. The van der Waals surface area contributed by atoms with Gasteiger partial charge in [0, 0.05) is 0 Å². The first-order valence-electron chi connectivity index (χ1n) is 1.62. The number of terminal acetylenes is 1. The molecule has 1 N–H and O–H groups in total. The van der Waals surface area contributed by atoms with Crippen molar-refractivity contribution in [3.8, 4) is 12.3 Å². The summed E-state index contributed by atoms with van der Waals surface area (Å²) in [5.74, 6) is 2.23. The molecule has 0 rings (SSSR count). The van der Waals surface area contributed by atoms with E-state index in [0.717, 1.165) is 0 Å². The molecule has 0 radical (unpaired) electrons. The van der Waals surface area contributed by atoms with Crippen molar-refractivity contribution in [2.45, 2.75) is 0 Å². The van der Waals surface area contributed by atoms with Crippen LogP contribution in [0.4, 0.5) is 0 Å². The third-order valence-corrected chi connectivity index (χ3v) is 0.297. The Morgan fingerprint density at radius 3 is 3.14 bits per heavy atom. The van der Waals surface area contributed by atoms with Gasteiger partial charge in [-0.15, -0.1) is 12.0 Å². The predicted molar refractivity (Wildman–Crippen MR) is 26.0 cm³/mol. The maximum absolute atomic E-state index is 7.62. The van der Waals surface area contributed by atoms with Gasteiger partial charge >= 0.3 is 0 Å². The number of azide groups is 1. The molecular weight excluding hydrogens is 92.1 g/mol. The van der Waals surface area contributed by atoms with Crippen molar-refractivity contribution >= 4 is 0 Å². The average molecular weight is 96.1 g/mol. The van der Waals surface area contributed by atoms with Crippen molar-refractivity contribution in [2.75, 3.05) is 6.54 Å². The van der Waals surface area contributed by atoms with Crippen LogP contribution in [0.3, 0.4) is 0 Å². The number of nitrogens with zero attached hydrogens (tertiary/aromatic N) is 3. The molecule has 4 nitrogen and oxygen atoms in total. The van der Waals surface area contributed by atoms with Gasteiger partial charge in [0.25, 0.3) is 0 Å². The summed E-state index contributed by atoms with van der Waals surface area (Å²) in [5, 5.41) is 2.95. The summed E-state index contributed by atoms with van der Waals surface area (Å²) in [6.07, 6.45) is 4.77. The van der Waals surface area contributed by atoms with Gasteiger partial charge in [0.15, 0.2) is 0 Å². The second-order valence-corrected chi connectivity index (χ2v) is 0.728. The zero-order valence-corrected chi connectivity index (χ0v) is 3.63. The van der Waals surface area contributed by atoms with E-state index < -0.39 is 0 Å². The molecule has 0 fully saturated rings. The molecule has 7 heavy (non-hydrogen) atoms. The van der Waals surface area contributed by atoms with Crippen molar-refractivity contribution in [1.82, 2.24) is 5.43 Å². The molecule has 0 aromatic heterocycles. The minimum atomic E-state index is 0.282.